The Morgan fingerprint density at radius 3 is 3.00 bits per heavy atom. The third-order valence-corrected chi connectivity index (χ3v) is 1.42. The molecule has 3 heteroatoms. The molecular weight excluding hydrogens is 157 g/mol. The van der Waals surface area contributed by atoms with Crippen LogP contribution in [0.1, 0.15) is 0 Å². The van der Waals surface area contributed by atoms with Crippen LogP contribution in [0.2, 0.25) is 0 Å². The van der Waals surface area contributed by atoms with Gasteiger partial charge in [0.05, 0.1) is 6.20 Å². The number of aromatic nitrogens is 1. The van der Waals surface area contributed by atoms with Gasteiger partial charge in [0.1, 0.15) is 12.1 Å². The van der Waals surface area contributed by atoms with Crippen molar-refractivity contribution in [3.8, 4) is 11.5 Å². The summed E-state index contributed by atoms with van der Waals surface area (Å²) in [5.74, 6) is -0.0276. The van der Waals surface area contributed by atoms with Crippen molar-refractivity contribution in [1.29, 1.82) is 0 Å². The van der Waals surface area contributed by atoms with Crippen LogP contribution in [0.4, 0.5) is 4.39 Å². The molecule has 0 N–H and O–H groups in total. The summed E-state index contributed by atoms with van der Waals surface area (Å²) in [5, 5.41) is 0. The van der Waals surface area contributed by atoms with Gasteiger partial charge in [-0.3, -0.25) is 0 Å². The van der Waals surface area contributed by atoms with Gasteiger partial charge in [0.25, 0.3) is 0 Å². The SMILES string of the molecule is Fc1[c]c(-c2ncco2)ccc1. The molecular formula is C9H5FNO. The van der Waals surface area contributed by atoms with Crippen molar-refractivity contribution < 1.29 is 8.81 Å². The molecule has 0 fully saturated rings. The Balaban J connectivity index is 2.48. The van der Waals surface area contributed by atoms with Gasteiger partial charge in [-0.2, -0.15) is 0 Å². The fourth-order valence-electron chi connectivity index (χ4n) is 0.922. The minimum absolute atomic E-state index is 0.384. The minimum atomic E-state index is -0.411. The van der Waals surface area contributed by atoms with Crippen LogP contribution in [0, 0.1) is 11.9 Å². The molecule has 0 spiro atoms. The van der Waals surface area contributed by atoms with E-state index in [0.717, 1.165) is 0 Å². The van der Waals surface area contributed by atoms with Gasteiger partial charge < -0.3 is 4.42 Å². The smallest absolute Gasteiger partial charge is 0.226 e. The summed E-state index contributed by atoms with van der Waals surface area (Å²) < 4.78 is 17.6. The minimum Gasteiger partial charge on any atom is -0.445 e. The molecule has 59 valence electrons. The third kappa shape index (κ3) is 1.21. The highest BCUT2D eigenvalue weighted by molar-refractivity contribution is 5.51. The third-order valence-electron chi connectivity index (χ3n) is 1.42. The Bertz CT molecular complexity index is 370. The number of halogens is 1. The van der Waals surface area contributed by atoms with Gasteiger partial charge in [-0.15, -0.1) is 0 Å². The fraction of sp³-hybridized carbons (Fsp3) is 0. The zero-order valence-corrected chi connectivity index (χ0v) is 6.12. The van der Waals surface area contributed by atoms with E-state index >= 15 is 0 Å². The van der Waals surface area contributed by atoms with Crippen LogP contribution in [0.25, 0.3) is 11.5 Å². The number of hydrogen-bond acceptors (Lipinski definition) is 2. The molecule has 0 saturated heterocycles. The largest absolute Gasteiger partial charge is 0.445 e. The standard InChI is InChI=1S/C9H5FNO/c10-8-3-1-2-7(6-8)9-11-4-5-12-9/h1-5H. The Morgan fingerprint density at radius 1 is 1.42 bits per heavy atom. The number of rotatable bonds is 1. The molecule has 1 aromatic carbocycles. The van der Waals surface area contributed by atoms with Gasteiger partial charge >= 0.3 is 0 Å². The first-order valence-corrected chi connectivity index (χ1v) is 3.44. The molecule has 0 aliphatic rings. The van der Waals surface area contributed by atoms with Crippen LogP contribution in [0.3, 0.4) is 0 Å². The van der Waals surface area contributed by atoms with Crippen molar-refractivity contribution in [2.45, 2.75) is 0 Å². The topological polar surface area (TPSA) is 26.0 Å². The van der Waals surface area contributed by atoms with Crippen molar-refractivity contribution in [2.75, 3.05) is 0 Å². The number of hydrogen-bond donors (Lipinski definition) is 0. The maximum Gasteiger partial charge on any atom is 0.226 e. The van der Waals surface area contributed by atoms with E-state index in [4.69, 9.17) is 4.42 Å². The lowest BCUT2D eigenvalue weighted by Gasteiger charge is -1.92. The highest BCUT2D eigenvalue weighted by atomic mass is 19.1. The first kappa shape index (κ1) is 7.03. The van der Waals surface area contributed by atoms with Gasteiger partial charge in [-0.05, 0) is 12.1 Å². The molecule has 0 atom stereocenters. The molecule has 0 saturated carbocycles. The fourth-order valence-corrected chi connectivity index (χ4v) is 0.922. The first-order chi connectivity index (χ1) is 5.86. The number of oxazole rings is 1. The van der Waals surface area contributed by atoms with Crippen molar-refractivity contribution in [3.63, 3.8) is 0 Å². The highest BCUT2D eigenvalue weighted by Gasteiger charge is 2.02. The normalized spacial score (nSPS) is 10.1. The van der Waals surface area contributed by atoms with Crippen LogP contribution in [0.5, 0.6) is 0 Å². The zero-order valence-electron chi connectivity index (χ0n) is 6.12. The van der Waals surface area contributed by atoms with Gasteiger partial charge in [0, 0.05) is 11.6 Å². The van der Waals surface area contributed by atoms with Gasteiger partial charge in [-0.25, -0.2) is 9.37 Å². The van der Waals surface area contributed by atoms with Crippen molar-refractivity contribution in [1.82, 2.24) is 4.98 Å². The first-order valence-electron chi connectivity index (χ1n) is 3.44. The van der Waals surface area contributed by atoms with Gasteiger partial charge in [0.2, 0.25) is 5.89 Å². The molecule has 1 aromatic heterocycles. The summed E-state index contributed by atoms with van der Waals surface area (Å²) in [4.78, 5) is 3.86. The van der Waals surface area contributed by atoms with Gasteiger partial charge in [-0.1, -0.05) is 6.07 Å². The summed E-state index contributed by atoms with van der Waals surface area (Å²) in [7, 11) is 0. The Kier molecular flexibility index (Phi) is 1.63. The molecule has 12 heavy (non-hydrogen) atoms. The second-order valence-electron chi connectivity index (χ2n) is 2.25. The van der Waals surface area contributed by atoms with E-state index in [1.165, 1.54) is 18.5 Å². The monoisotopic (exact) mass is 162 g/mol. The molecule has 2 rings (SSSR count). The van der Waals surface area contributed by atoms with E-state index < -0.39 is 5.82 Å². The van der Waals surface area contributed by atoms with E-state index in [0.29, 0.717) is 11.5 Å². The molecule has 0 amide bonds. The average Bonchev–Trinajstić information content (AvgIpc) is 2.56. The summed E-state index contributed by atoms with van der Waals surface area (Å²) >= 11 is 0. The van der Waals surface area contributed by atoms with Crippen molar-refractivity contribution in [3.05, 3.63) is 42.5 Å². The molecule has 0 aliphatic carbocycles. The van der Waals surface area contributed by atoms with Crippen LogP contribution in [-0.4, -0.2) is 4.98 Å². The van der Waals surface area contributed by atoms with Crippen LogP contribution >= 0.6 is 0 Å². The van der Waals surface area contributed by atoms with Crippen LogP contribution in [-0.2, 0) is 0 Å². The quantitative estimate of drug-likeness (QED) is 0.642. The maximum atomic E-state index is 12.6. The lowest BCUT2D eigenvalue weighted by atomic mass is 10.2. The van der Waals surface area contributed by atoms with E-state index in [9.17, 15) is 4.39 Å². The summed E-state index contributed by atoms with van der Waals surface area (Å²) in [6.07, 6.45) is 2.95. The van der Waals surface area contributed by atoms with E-state index in [2.05, 4.69) is 11.1 Å². The van der Waals surface area contributed by atoms with Crippen molar-refractivity contribution in [2.24, 2.45) is 0 Å². The second kappa shape index (κ2) is 2.77. The second-order valence-corrected chi connectivity index (χ2v) is 2.25. The number of benzene rings is 1. The molecule has 0 aliphatic heterocycles. The lowest BCUT2D eigenvalue weighted by molar-refractivity contribution is 0.572. The van der Waals surface area contributed by atoms with E-state index in [1.807, 2.05) is 0 Å². The molecule has 0 unspecified atom stereocenters. The average molecular weight is 162 g/mol. The summed E-state index contributed by atoms with van der Waals surface area (Å²) in [6.45, 7) is 0. The maximum absolute atomic E-state index is 12.6. The molecule has 2 aromatic rings. The van der Waals surface area contributed by atoms with E-state index in [-0.39, 0.29) is 0 Å². The van der Waals surface area contributed by atoms with Crippen LogP contribution < -0.4 is 0 Å². The summed E-state index contributed by atoms with van der Waals surface area (Å²) in [6, 6.07) is 7.09. The predicted octanol–water partition coefficient (Wildman–Crippen LogP) is 2.28. The van der Waals surface area contributed by atoms with E-state index in [1.54, 1.807) is 12.1 Å². The molecule has 2 nitrogen and oxygen atoms in total. The van der Waals surface area contributed by atoms with Crippen LogP contribution in [0.15, 0.2) is 35.1 Å². The Hall–Kier alpha value is -1.64. The van der Waals surface area contributed by atoms with Gasteiger partial charge in [0.15, 0.2) is 0 Å². The lowest BCUT2D eigenvalue weighted by Crippen LogP contribution is -1.79. The molecule has 1 heterocycles. The Labute approximate surface area is 68.7 Å². The van der Waals surface area contributed by atoms with Crippen molar-refractivity contribution >= 4 is 0 Å². The Morgan fingerprint density at radius 2 is 2.33 bits per heavy atom. The highest BCUT2D eigenvalue weighted by Crippen LogP contribution is 2.16. The predicted molar refractivity (Wildman–Crippen MR) is 40.7 cm³/mol. The molecule has 0 bridgehead atoms. The zero-order chi connectivity index (χ0) is 8.39. The number of nitrogens with zero attached hydrogens (tertiary/aromatic N) is 1. The molecule has 1 radical (unpaired) electrons. The summed E-state index contributed by atoms with van der Waals surface area (Å²) in [5.41, 5.74) is 0.528.